The predicted octanol–water partition coefficient (Wildman–Crippen LogP) is 3.34. The number of aromatic nitrogens is 1. The molecule has 0 saturated carbocycles. The Balaban J connectivity index is 1.57. The van der Waals surface area contributed by atoms with E-state index >= 15 is 0 Å². The molecule has 0 radical (unpaired) electrons. The summed E-state index contributed by atoms with van der Waals surface area (Å²) in [7, 11) is 0. The number of rotatable bonds is 3. The second-order valence-corrected chi connectivity index (χ2v) is 8.17. The number of carbonyl (C=O) groups is 2. The van der Waals surface area contributed by atoms with Crippen molar-refractivity contribution in [2.45, 2.75) is 57.0 Å². The number of likely N-dealkylation sites (tertiary alicyclic amines) is 1. The number of fused-ring (bicyclic) bond motifs is 1. The standard InChI is InChI=1S/C23H27N3O2/c1-23-12-6-14-26(20(23)9-5-10-21(27)25-23)22(28)18-11-13-24-19(16-18)15-17-7-3-2-4-8-17/h2-4,7-8,11,13,16,20H,5-6,9-10,12,14-15H2,1H3,(H,25,27)/t20-,23-/m0/s1. The lowest BCUT2D eigenvalue weighted by molar-refractivity contribution is -0.123. The molecule has 2 aliphatic rings. The third kappa shape index (κ3) is 3.79. The number of nitrogens with zero attached hydrogens (tertiary/aromatic N) is 2. The summed E-state index contributed by atoms with van der Waals surface area (Å²) in [4.78, 5) is 31.9. The highest BCUT2D eigenvalue weighted by Crippen LogP contribution is 2.34. The van der Waals surface area contributed by atoms with Crippen LogP contribution in [0.25, 0.3) is 0 Å². The van der Waals surface area contributed by atoms with Crippen LogP contribution in [-0.4, -0.2) is 39.8 Å². The van der Waals surface area contributed by atoms with E-state index in [0.717, 1.165) is 37.9 Å². The summed E-state index contributed by atoms with van der Waals surface area (Å²) in [6, 6.07) is 13.9. The van der Waals surface area contributed by atoms with E-state index in [9.17, 15) is 9.59 Å². The molecule has 1 aromatic carbocycles. The van der Waals surface area contributed by atoms with E-state index in [2.05, 4.69) is 29.4 Å². The lowest BCUT2D eigenvalue weighted by atomic mass is 9.81. The zero-order valence-electron chi connectivity index (χ0n) is 16.4. The van der Waals surface area contributed by atoms with Gasteiger partial charge in [0.05, 0.1) is 11.6 Å². The largest absolute Gasteiger partial charge is 0.349 e. The zero-order chi connectivity index (χ0) is 19.6. The first-order valence-corrected chi connectivity index (χ1v) is 10.2. The van der Waals surface area contributed by atoms with Crippen molar-refractivity contribution in [3.63, 3.8) is 0 Å². The lowest BCUT2D eigenvalue weighted by Gasteiger charge is -2.47. The van der Waals surface area contributed by atoms with E-state index < -0.39 is 0 Å². The van der Waals surface area contributed by atoms with Crippen molar-refractivity contribution in [2.75, 3.05) is 6.54 Å². The van der Waals surface area contributed by atoms with Gasteiger partial charge in [-0.05, 0) is 50.3 Å². The van der Waals surface area contributed by atoms with E-state index in [0.29, 0.717) is 18.4 Å². The maximum atomic E-state index is 13.4. The van der Waals surface area contributed by atoms with Crippen molar-refractivity contribution in [1.29, 1.82) is 0 Å². The molecule has 2 fully saturated rings. The van der Waals surface area contributed by atoms with Crippen LogP contribution in [0.1, 0.15) is 60.6 Å². The number of pyridine rings is 1. The number of hydrogen-bond acceptors (Lipinski definition) is 3. The molecule has 146 valence electrons. The van der Waals surface area contributed by atoms with Gasteiger partial charge in [-0.1, -0.05) is 30.3 Å². The minimum atomic E-state index is -0.332. The van der Waals surface area contributed by atoms with Crippen molar-refractivity contribution in [2.24, 2.45) is 0 Å². The number of piperidine rings is 1. The lowest BCUT2D eigenvalue weighted by Crippen LogP contribution is -2.63. The molecule has 28 heavy (non-hydrogen) atoms. The topological polar surface area (TPSA) is 62.3 Å². The SMILES string of the molecule is C[C@]12CCCN(C(=O)c3ccnc(Cc4ccccc4)c3)[C@H]1CCCC(=O)N2. The van der Waals surface area contributed by atoms with Crippen LogP contribution in [-0.2, 0) is 11.2 Å². The molecule has 2 aromatic rings. The molecule has 1 aromatic heterocycles. The maximum Gasteiger partial charge on any atom is 0.254 e. The number of amides is 2. The predicted molar refractivity (Wildman–Crippen MR) is 108 cm³/mol. The molecular weight excluding hydrogens is 350 g/mol. The van der Waals surface area contributed by atoms with Gasteiger partial charge < -0.3 is 10.2 Å². The molecule has 2 amide bonds. The van der Waals surface area contributed by atoms with Crippen LogP contribution in [0, 0.1) is 0 Å². The molecule has 0 bridgehead atoms. The van der Waals surface area contributed by atoms with Crippen molar-refractivity contribution >= 4 is 11.8 Å². The van der Waals surface area contributed by atoms with Crippen LogP contribution in [0.2, 0.25) is 0 Å². The Hall–Kier alpha value is -2.69. The number of benzene rings is 1. The van der Waals surface area contributed by atoms with E-state index in [-0.39, 0.29) is 23.4 Å². The van der Waals surface area contributed by atoms with E-state index in [1.54, 1.807) is 12.3 Å². The fourth-order valence-corrected chi connectivity index (χ4v) is 4.66. The fourth-order valence-electron chi connectivity index (χ4n) is 4.66. The van der Waals surface area contributed by atoms with Gasteiger partial charge in [-0.3, -0.25) is 14.6 Å². The summed E-state index contributed by atoms with van der Waals surface area (Å²) < 4.78 is 0. The molecule has 0 unspecified atom stereocenters. The second-order valence-electron chi connectivity index (χ2n) is 8.17. The monoisotopic (exact) mass is 377 g/mol. The fraction of sp³-hybridized carbons (Fsp3) is 0.435. The Morgan fingerprint density at radius 1 is 1.25 bits per heavy atom. The Morgan fingerprint density at radius 2 is 2.07 bits per heavy atom. The molecule has 2 aliphatic heterocycles. The van der Waals surface area contributed by atoms with Crippen LogP contribution in [0.3, 0.4) is 0 Å². The molecule has 0 spiro atoms. The Bertz CT molecular complexity index is 867. The molecule has 3 heterocycles. The molecule has 2 atom stereocenters. The second kappa shape index (κ2) is 7.74. The van der Waals surface area contributed by atoms with Crippen molar-refractivity contribution < 1.29 is 9.59 Å². The Labute approximate surface area is 166 Å². The number of carbonyl (C=O) groups excluding carboxylic acids is 2. The third-order valence-corrected chi connectivity index (χ3v) is 6.07. The minimum Gasteiger partial charge on any atom is -0.349 e. The molecular formula is C23H27N3O2. The van der Waals surface area contributed by atoms with Gasteiger partial charge in [0.2, 0.25) is 5.91 Å². The third-order valence-electron chi connectivity index (χ3n) is 6.07. The number of nitrogens with one attached hydrogen (secondary N) is 1. The van der Waals surface area contributed by atoms with Crippen LogP contribution < -0.4 is 5.32 Å². The molecule has 4 rings (SSSR count). The summed E-state index contributed by atoms with van der Waals surface area (Å²) in [6.45, 7) is 2.83. The first-order valence-electron chi connectivity index (χ1n) is 10.2. The molecule has 5 nitrogen and oxygen atoms in total. The van der Waals surface area contributed by atoms with Crippen molar-refractivity contribution in [3.05, 3.63) is 65.5 Å². The summed E-state index contributed by atoms with van der Waals surface area (Å²) in [5, 5.41) is 3.19. The van der Waals surface area contributed by atoms with Crippen LogP contribution >= 0.6 is 0 Å². The van der Waals surface area contributed by atoms with Crippen LogP contribution in [0.5, 0.6) is 0 Å². The normalized spacial score (nSPS) is 24.8. The Morgan fingerprint density at radius 3 is 2.89 bits per heavy atom. The van der Waals surface area contributed by atoms with Gasteiger partial charge in [0.1, 0.15) is 0 Å². The Kier molecular flexibility index (Phi) is 5.16. The first kappa shape index (κ1) is 18.7. The number of hydrogen-bond donors (Lipinski definition) is 1. The van der Waals surface area contributed by atoms with Crippen molar-refractivity contribution in [1.82, 2.24) is 15.2 Å². The van der Waals surface area contributed by atoms with E-state index in [1.165, 1.54) is 5.56 Å². The molecule has 2 saturated heterocycles. The first-order chi connectivity index (χ1) is 13.5. The molecule has 1 N–H and O–H groups in total. The van der Waals surface area contributed by atoms with Gasteiger partial charge >= 0.3 is 0 Å². The van der Waals surface area contributed by atoms with Crippen molar-refractivity contribution in [3.8, 4) is 0 Å². The van der Waals surface area contributed by atoms with Gasteiger partial charge in [0.25, 0.3) is 5.91 Å². The smallest absolute Gasteiger partial charge is 0.254 e. The maximum absolute atomic E-state index is 13.4. The summed E-state index contributed by atoms with van der Waals surface area (Å²) in [5.41, 5.74) is 2.42. The zero-order valence-corrected chi connectivity index (χ0v) is 16.4. The molecule has 5 heteroatoms. The highest BCUT2D eigenvalue weighted by atomic mass is 16.2. The van der Waals surface area contributed by atoms with Gasteiger partial charge in [0.15, 0.2) is 0 Å². The van der Waals surface area contributed by atoms with E-state index in [4.69, 9.17) is 0 Å². The van der Waals surface area contributed by atoms with Crippen LogP contribution in [0.15, 0.2) is 48.7 Å². The average Bonchev–Trinajstić information content (AvgIpc) is 2.85. The highest BCUT2D eigenvalue weighted by Gasteiger charge is 2.45. The van der Waals surface area contributed by atoms with E-state index in [1.807, 2.05) is 29.2 Å². The average molecular weight is 377 g/mol. The van der Waals surface area contributed by atoms with Gasteiger partial charge in [0, 0.05) is 36.8 Å². The van der Waals surface area contributed by atoms with Gasteiger partial charge in [-0.2, -0.15) is 0 Å². The van der Waals surface area contributed by atoms with Gasteiger partial charge in [-0.15, -0.1) is 0 Å². The summed E-state index contributed by atoms with van der Waals surface area (Å²) in [6.07, 6.45) is 6.49. The van der Waals surface area contributed by atoms with Crippen LogP contribution in [0.4, 0.5) is 0 Å². The minimum absolute atomic E-state index is 0.0452. The molecule has 0 aliphatic carbocycles. The highest BCUT2D eigenvalue weighted by molar-refractivity contribution is 5.94. The van der Waals surface area contributed by atoms with Gasteiger partial charge in [-0.25, -0.2) is 0 Å². The summed E-state index contributed by atoms with van der Waals surface area (Å²) in [5.74, 6) is 0.150. The quantitative estimate of drug-likeness (QED) is 0.892. The summed E-state index contributed by atoms with van der Waals surface area (Å²) >= 11 is 0.